The molecule has 0 aliphatic rings. The van der Waals surface area contributed by atoms with Gasteiger partial charge in [-0.05, 0) is 60.7 Å². The number of aryl methyl sites for hydroxylation is 1. The molecule has 0 fully saturated rings. The summed E-state index contributed by atoms with van der Waals surface area (Å²) in [7, 11) is 0. The number of nitrogens with zero attached hydrogens (tertiary/aromatic N) is 1. The van der Waals surface area contributed by atoms with Crippen LogP contribution in [0, 0.1) is 18.7 Å². The molecule has 3 aromatic rings. The van der Waals surface area contributed by atoms with Crippen LogP contribution in [-0.2, 0) is 4.79 Å². The molecule has 0 aliphatic heterocycles. The van der Waals surface area contributed by atoms with Crippen LogP contribution in [-0.4, -0.2) is 28.5 Å². The molecule has 1 aromatic heterocycles. The highest BCUT2D eigenvalue weighted by molar-refractivity contribution is 5.94. The summed E-state index contributed by atoms with van der Waals surface area (Å²) >= 11 is 0. The van der Waals surface area contributed by atoms with Gasteiger partial charge in [0.05, 0.1) is 18.0 Å². The zero-order chi connectivity index (χ0) is 23.3. The van der Waals surface area contributed by atoms with Crippen LogP contribution in [0.3, 0.4) is 0 Å². The molecule has 0 aliphatic carbocycles. The van der Waals surface area contributed by atoms with E-state index >= 15 is 0 Å². The molecule has 0 saturated heterocycles. The van der Waals surface area contributed by atoms with Crippen LogP contribution in [0.4, 0.5) is 10.2 Å². The number of aromatic nitrogens is 1. The zero-order valence-electron chi connectivity index (χ0n) is 18.5. The summed E-state index contributed by atoms with van der Waals surface area (Å²) in [5.74, 6) is -0.506. The normalized spacial score (nSPS) is 12.0. The lowest BCUT2D eigenvalue weighted by atomic mass is 9.96. The molecular formula is C25H28FN3O3. The molecule has 0 unspecified atom stereocenters. The number of amides is 1. The van der Waals surface area contributed by atoms with Gasteiger partial charge in [0.25, 0.3) is 5.91 Å². The molecule has 6 nitrogen and oxygen atoms in total. The van der Waals surface area contributed by atoms with Gasteiger partial charge >= 0.3 is 5.97 Å². The Bertz CT molecular complexity index is 1110. The van der Waals surface area contributed by atoms with Gasteiger partial charge in [-0.15, -0.1) is 0 Å². The van der Waals surface area contributed by atoms with Crippen LogP contribution >= 0.6 is 0 Å². The van der Waals surface area contributed by atoms with Crippen LogP contribution in [0.25, 0.3) is 10.9 Å². The number of hydrogen-bond acceptors (Lipinski definition) is 4. The van der Waals surface area contributed by atoms with Crippen molar-refractivity contribution in [1.29, 1.82) is 0 Å². The highest BCUT2D eigenvalue weighted by Crippen LogP contribution is 2.28. The van der Waals surface area contributed by atoms with Gasteiger partial charge in [-0.1, -0.05) is 26.0 Å². The molecule has 1 heterocycles. The van der Waals surface area contributed by atoms with Crippen molar-refractivity contribution in [2.45, 2.75) is 39.7 Å². The number of carboxylic acids is 1. The number of halogens is 1. The minimum atomic E-state index is -0.955. The molecule has 3 N–H and O–H groups in total. The Hall–Kier alpha value is -3.48. The van der Waals surface area contributed by atoms with Crippen molar-refractivity contribution in [2.75, 3.05) is 11.9 Å². The molecule has 32 heavy (non-hydrogen) atoms. The third-order valence-corrected chi connectivity index (χ3v) is 5.21. The van der Waals surface area contributed by atoms with Gasteiger partial charge in [-0.3, -0.25) is 9.59 Å². The minimum Gasteiger partial charge on any atom is -0.481 e. The van der Waals surface area contributed by atoms with Crippen molar-refractivity contribution in [3.8, 4) is 0 Å². The molecule has 168 valence electrons. The van der Waals surface area contributed by atoms with Crippen LogP contribution in [0.2, 0.25) is 0 Å². The SMILES string of the molecule is Cc1cc(N[C@@H](CC(C)C)c2ccc(C(=O)NCCC(=O)O)cc2)nc2cc(F)ccc12. The molecule has 0 bridgehead atoms. The maximum atomic E-state index is 13.7. The fourth-order valence-electron chi connectivity index (χ4n) is 3.63. The number of nitrogens with one attached hydrogen (secondary N) is 2. The highest BCUT2D eigenvalue weighted by atomic mass is 19.1. The zero-order valence-corrected chi connectivity index (χ0v) is 18.5. The van der Waals surface area contributed by atoms with Crippen molar-refractivity contribution >= 4 is 28.6 Å². The number of fused-ring (bicyclic) bond motifs is 1. The van der Waals surface area contributed by atoms with Crippen molar-refractivity contribution < 1.29 is 19.1 Å². The Labute approximate surface area is 186 Å². The van der Waals surface area contributed by atoms with Gasteiger partial charge in [0, 0.05) is 23.6 Å². The number of carboxylic acid groups (broad SMARTS) is 1. The number of carbonyl (C=O) groups excluding carboxylic acids is 1. The standard InChI is InChI=1S/C25H28FN3O3/c1-15(2)12-21(17-4-6-18(7-5-17)25(32)27-11-10-24(30)31)28-23-13-16(3)20-9-8-19(26)14-22(20)29-23/h4-9,13-15,21H,10-12H2,1-3H3,(H,27,32)(H,28,29)(H,30,31)/t21-/m0/s1. The Morgan fingerprint density at radius 1 is 1.09 bits per heavy atom. The van der Waals surface area contributed by atoms with E-state index < -0.39 is 5.97 Å². The van der Waals surface area contributed by atoms with Gasteiger partial charge in [0.15, 0.2) is 0 Å². The summed E-state index contributed by atoms with van der Waals surface area (Å²) in [4.78, 5) is 27.4. The van der Waals surface area contributed by atoms with E-state index in [4.69, 9.17) is 5.11 Å². The number of hydrogen-bond donors (Lipinski definition) is 3. The van der Waals surface area contributed by atoms with Gasteiger partial charge in [-0.2, -0.15) is 0 Å². The summed E-state index contributed by atoms with van der Waals surface area (Å²) in [6.07, 6.45) is 0.721. The summed E-state index contributed by atoms with van der Waals surface area (Å²) in [6, 6.07) is 13.8. The van der Waals surface area contributed by atoms with E-state index in [1.807, 2.05) is 25.1 Å². The molecule has 1 atom stereocenters. The molecule has 0 saturated carbocycles. The fourth-order valence-corrected chi connectivity index (χ4v) is 3.63. The van der Waals surface area contributed by atoms with E-state index in [2.05, 4.69) is 29.5 Å². The Balaban J connectivity index is 1.80. The lowest BCUT2D eigenvalue weighted by Crippen LogP contribution is -2.26. The first-order chi connectivity index (χ1) is 15.2. The van der Waals surface area contributed by atoms with Crippen molar-refractivity contribution in [3.63, 3.8) is 0 Å². The second-order valence-electron chi connectivity index (χ2n) is 8.33. The molecule has 1 amide bonds. The quantitative estimate of drug-likeness (QED) is 0.434. The van der Waals surface area contributed by atoms with E-state index in [-0.39, 0.29) is 30.7 Å². The Morgan fingerprint density at radius 3 is 2.47 bits per heavy atom. The van der Waals surface area contributed by atoms with Crippen molar-refractivity contribution in [2.24, 2.45) is 5.92 Å². The average Bonchev–Trinajstić information content (AvgIpc) is 2.72. The number of anilines is 1. The second-order valence-corrected chi connectivity index (χ2v) is 8.33. The monoisotopic (exact) mass is 437 g/mol. The third kappa shape index (κ3) is 6.03. The predicted octanol–water partition coefficient (Wildman–Crippen LogP) is 5.09. The molecule has 3 rings (SSSR count). The van der Waals surface area contributed by atoms with Crippen molar-refractivity contribution in [3.05, 3.63) is 71.0 Å². The lowest BCUT2D eigenvalue weighted by Gasteiger charge is -2.22. The largest absolute Gasteiger partial charge is 0.481 e. The molecule has 0 spiro atoms. The number of benzene rings is 2. The van der Waals surface area contributed by atoms with E-state index in [0.29, 0.717) is 22.8 Å². The Kier molecular flexibility index (Phi) is 7.41. The first-order valence-electron chi connectivity index (χ1n) is 10.7. The van der Waals surface area contributed by atoms with Crippen LogP contribution in [0.5, 0.6) is 0 Å². The van der Waals surface area contributed by atoms with Gasteiger partial charge in [-0.25, -0.2) is 9.37 Å². The summed E-state index contributed by atoms with van der Waals surface area (Å²) in [5.41, 5.74) is 3.08. The van der Waals surface area contributed by atoms with Crippen LogP contribution in [0.1, 0.15) is 54.2 Å². The molecule has 2 aromatic carbocycles. The van der Waals surface area contributed by atoms with E-state index in [9.17, 15) is 14.0 Å². The number of carbonyl (C=O) groups is 2. The van der Waals surface area contributed by atoms with E-state index in [1.54, 1.807) is 18.2 Å². The first kappa shape index (κ1) is 23.2. The lowest BCUT2D eigenvalue weighted by molar-refractivity contribution is -0.136. The summed E-state index contributed by atoms with van der Waals surface area (Å²) in [6.45, 7) is 6.32. The molecule has 7 heteroatoms. The highest BCUT2D eigenvalue weighted by Gasteiger charge is 2.16. The number of pyridine rings is 1. The van der Waals surface area contributed by atoms with Crippen molar-refractivity contribution in [1.82, 2.24) is 10.3 Å². The predicted molar refractivity (Wildman–Crippen MR) is 123 cm³/mol. The minimum absolute atomic E-state index is 0.0444. The second kappa shape index (κ2) is 10.2. The smallest absolute Gasteiger partial charge is 0.305 e. The maximum Gasteiger partial charge on any atom is 0.305 e. The molecule has 0 radical (unpaired) electrons. The topological polar surface area (TPSA) is 91.3 Å². The van der Waals surface area contributed by atoms with E-state index in [0.717, 1.165) is 22.9 Å². The fraction of sp³-hybridized carbons (Fsp3) is 0.320. The van der Waals surface area contributed by atoms with Gasteiger partial charge in [0.2, 0.25) is 0 Å². The average molecular weight is 438 g/mol. The Morgan fingerprint density at radius 2 is 1.81 bits per heavy atom. The number of rotatable bonds is 9. The van der Waals surface area contributed by atoms with Gasteiger partial charge in [0.1, 0.15) is 11.6 Å². The maximum absolute atomic E-state index is 13.7. The number of aliphatic carboxylic acids is 1. The third-order valence-electron chi connectivity index (χ3n) is 5.21. The summed E-state index contributed by atoms with van der Waals surface area (Å²) in [5, 5.41) is 15.7. The first-order valence-corrected chi connectivity index (χ1v) is 10.7. The van der Waals surface area contributed by atoms with Crippen LogP contribution < -0.4 is 10.6 Å². The van der Waals surface area contributed by atoms with Gasteiger partial charge < -0.3 is 15.7 Å². The molecular weight excluding hydrogens is 409 g/mol. The van der Waals surface area contributed by atoms with Crippen LogP contribution in [0.15, 0.2) is 48.5 Å². The van der Waals surface area contributed by atoms with E-state index in [1.165, 1.54) is 12.1 Å². The summed E-state index contributed by atoms with van der Waals surface area (Å²) < 4.78 is 13.7.